The van der Waals surface area contributed by atoms with Crippen LogP contribution in [0, 0.1) is 0 Å². The van der Waals surface area contributed by atoms with Crippen molar-refractivity contribution in [1.82, 2.24) is 5.32 Å². The van der Waals surface area contributed by atoms with E-state index in [4.69, 9.17) is 16.3 Å². The highest BCUT2D eigenvalue weighted by Crippen LogP contribution is 2.27. The largest absolute Gasteiger partial charge is 0.492 e. The van der Waals surface area contributed by atoms with Gasteiger partial charge >= 0.3 is 0 Å². The summed E-state index contributed by atoms with van der Waals surface area (Å²) < 4.78 is 30.8. The second-order valence-corrected chi connectivity index (χ2v) is 8.22. The third kappa shape index (κ3) is 7.11. The predicted molar refractivity (Wildman–Crippen MR) is 108 cm³/mol. The van der Waals surface area contributed by atoms with Gasteiger partial charge in [0.25, 0.3) is 0 Å². The molecule has 1 N–H and O–H groups in total. The first kappa shape index (κ1) is 21.1. The fourth-order valence-corrected chi connectivity index (χ4v) is 3.73. The Balaban J connectivity index is 1.76. The number of anilines is 1. The molecule has 0 bridgehead atoms. The number of benzene rings is 2. The molecule has 2 aromatic rings. The molecule has 2 rings (SSSR count). The van der Waals surface area contributed by atoms with Gasteiger partial charge in [0.1, 0.15) is 12.4 Å². The minimum absolute atomic E-state index is 0.153. The number of hydrogen-bond acceptors (Lipinski definition) is 4. The van der Waals surface area contributed by atoms with Crippen molar-refractivity contribution in [3.8, 4) is 5.75 Å². The van der Waals surface area contributed by atoms with Crippen LogP contribution in [0.2, 0.25) is 5.02 Å². The number of rotatable bonds is 10. The van der Waals surface area contributed by atoms with Crippen LogP contribution in [0.1, 0.15) is 12.8 Å². The highest BCUT2D eigenvalue weighted by atomic mass is 35.5. The number of para-hydroxylation sites is 2. The molecular weight excluding hydrogens is 388 g/mol. The van der Waals surface area contributed by atoms with Gasteiger partial charge in [0, 0.05) is 13.0 Å². The van der Waals surface area contributed by atoms with Crippen molar-refractivity contribution in [2.45, 2.75) is 12.8 Å². The van der Waals surface area contributed by atoms with Crippen LogP contribution in [0.25, 0.3) is 0 Å². The molecular formula is C19H23ClN2O4S. The molecule has 146 valence electrons. The normalized spacial score (nSPS) is 11.0. The number of carbonyl (C=O) groups is 1. The minimum atomic E-state index is -3.49. The number of ether oxygens (including phenoxy) is 1. The topological polar surface area (TPSA) is 75.7 Å². The maximum Gasteiger partial charge on any atom is 0.232 e. The average molecular weight is 411 g/mol. The molecule has 0 fully saturated rings. The van der Waals surface area contributed by atoms with Crippen LogP contribution in [0.5, 0.6) is 5.75 Å². The van der Waals surface area contributed by atoms with E-state index in [-0.39, 0.29) is 18.9 Å². The summed E-state index contributed by atoms with van der Waals surface area (Å²) >= 11 is 6.10. The summed E-state index contributed by atoms with van der Waals surface area (Å²) in [6.07, 6.45) is 1.71. The standard InChI is InChI=1S/C19H23ClN2O4S/c1-27(24,25)22(18-11-6-5-10-17(18)20)14-7-12-19(23)21-13-15-26-16-8-3-2-4-9-16/h2-6,8-11H,7,12-15H2,1H3,(H,21,23). The molecule has 0 saturated heterocycles. The lowest BCUT2D eigenvalue weighted by Gasteiger charge is -2.23. The van der Waals surface area contributed by atoms with E-state index in [2.05, 4.69) is 5.32 Å². The maximum atomic E-state index is 12.1. The predicted octanol–water partition coefficient (Wildman–Crippen LogP) is 3.08. The summed E-state index contributed by atoms with van der Waals surface area (Å²) in [7, 11) is -3.49. The summed E-state index contributed by atoms with van der Waals surface area (Å²) in [5, 5.41) is 3.11. The Hall–Kier alpha value is -2.25. The second-order valence-electron chi connectivity index (χ2n) is 5.90. The Morgan fingerprint density at radius 3 is 2.44 bits per heavy atom. The lowest BCUT2D eigenvalue weighted by Crippen LogP contribution is -2.33. The zero-order chi connectivity index (χ0) is 19.7. The molecule has 1 amide bonds. The Morgan fingerprint density at radius 1 is 1.11 bits per heavy atom. The highest BCUT2D eigenvalue weighted by molar-refractivity contribution is 7.92. The smallest absolute Gasteiger partial charge is 0.232 e. The number of nitrogens with one attached hydrogen (secondary N) is 1. The van der Waals surface area contributed by atoms with E-state index in [1.54, 1.807) is 24.3 Å². The molecule has 6 nitrogen and oxygen atoms in total. The number of halogens is 1. The van der Waals surface area contributed by atoms with Crippen LogP contribution in [0.4, 0.5) is 5.69 Å². The summed E-state index contributed by atoms with van der Waals surface area (Å²) in [6.45, 7) is 0.926. The highest BCUT2D eigenvalue weighted by Gasteiger charge is 2.19. The Bertz CT molecular complexity index is 844. The van der Waals surface area contributed by atoms with Crippen molar-refractivity contribution < 1.29 is 17.9 Å². The van der Waals surface area contributed by atoms with Crippen molar-refractivity contribution in [3.63, 3.8) is 0 Å². The average Bonchev–Trinajstić information content (AvgIpc) is 2.63. The molecule has 0 aromatic heterocycles. The first-order chi connectivity index (χ1) is 12.9. The monoisotopic (exact) mass is 410 g/mol. The quantitative estimate of drug-likeness (QED) is 0.611. The van der Waals surface area contributed by atoms with E-state index in [0.29, 0.717) is 30.3 Å². The molecule has 2 aromatic carbocycles. The third-order valence-corrected chi connectivity index (χ3v) is 5.22. The third-order valence-electron chi connectivity index (χ3n) is 3.72. The van der Waals surface area contributed by atoms with Crippen LogP contribution in [-0.2, 0) is 14.8 Å². The van der Waals surface area contributed by atoms with Gasteiger partial charge in [-0.15, -0.1) is 0 Å². The Labute approximate surface area is 165 Å². The van der Waals surface area contributed by atoms with E-state index >= 15 is 0 Å². The zero-order valence-corrected chi connectivity index (χ0v) is 16.7. The van der Waals surface area contributed by atoms with E-state index in [9.17, 15) is 13.2 Å². The van der Waals surface area contributed by atoms with Gasteiger partial charge in [-0.3, -0.25) is 9.10 Å². The summed E-state index contributed by atoms with van der Waals surface area (Å²) in [6, 6.07) is 16.1. The fourth-order valence-electron chi connectivity index (χ4n) is 2.47. The molecule has 0 saturated carbocycles. The first-order valence-electron chi connectivity index (χ1n) is 8.55. The van der Waals surface area contributed by atoms with E-state index < -0.39 is 10.0 Å². The summed E-state index contributed by atoms with van der Waals surface area (Å²) in [4.78, 5) is 11.9. The number of sulfonamides is 1. The number of amides is 1. The number of hydrogen-bond donors (Lipinski definition) is 1. The number of carbonyl (C=O) groups excluding carboxylic acids is 1. The van der Waals surface area contributed by atoms with Gasteiger partial charge in [-0.25, -0.2) is 8.42 Å². The van der Waals surface area contributed by atoms with Crippen molar-refractivity contribution >= 4 is 33.2 Å². The minimum Gasteiger partial charge on any atom is -0.492 e. The van der Waals surface area contributed by atoms with E-state index in [0.717, 1.165) is 12.0 Å². The SMILES string of the molecule is CS(=O)(=O)N(CCCC(=O)NCCOc1ccccc1)c1ccccc1Cl. The van der Waals surface area contributed by atoms with Gasteiger partial charge in [-0.1, -0.05) is 41.9 Å². The van der Waals surface area contributed by atoms with E-state index in [1.807, 2.05) is 30.3 Å². The lowest BCUT2D eigenvalue weighted by molar-refractivity contribution is -0.121. The molecule has 27 heavy (non-hydrogen) atoms. The van der Waals surface area contributed by atoms with Crippen molar-refractivity contribution in [2.24, 2.45) is 0 Å². The molecule has 0 radical (unpaired) electrons. The van der Waals surface area contributed by atoms with Gasteiger partial charge < -0.3 is 10.1 Å². The summed E-state index contributed by atoms with van der Waals surface area (Å²) in [5.41, 5.74) is 0.415. The van der Waals surface area contributed by atoms with E-state index in [1.165, 1.54) is 4.31 Å². The Kier molecular flexibility index (Phi) is 7.94. The van der Waals surface area contributed by atoms with Gasteiger partial charge in [0.05, 0.1) is 23.5 Å². The Morgan fingerprint density at radius 2 is 1.78 bits per heavy atom. The molecule has 0 atom stereocenters. The first-order valence-corrected chi connectivity index (χ1v) is 10.8. The lowest BCUT2D eigenvalue weighted by atomic mass is 10.2. The molecule has 0 spiro atoms. The molecule has 0 heterocycles. The maximum absolute atomic E-state index is 12.1. The summed E-state index contributed by atoms with van der Waals surface area (Å²) in [5.74, 6) is 0.592. The van der Waals surface area contributed by atoms with Crippen LogP contribution >= 0.6 is 11.6 Å². The molecule has 0 aliphatic carbocycles. The zero-order valence-electron chi connectivity index (χ0n) is 15.1. The van der Waals surface area contributed by atoms with Crippen LogP contribution in [-0.4, -0.2) is 40.3 Å². The van der Waals surface area contributed by atoms with Crippen molar-refractivity contribution in [1.29, 1.82) is 0 Å². The fraction of sp³-hybridized carbons (Fsp3) is 0.316. The van der Waals surface area contributed by atoms with Crippen molar-refractivity contribution in [2.75, 3.05) is 30.3 Å². The van der Waals surface area contributed by atoms with Crippen LogP contribution < -0.4 is 14.4 Å². The van der Waals surface area contributed by atoms with Crippen molar-refractivity contribution in [3.05, 3.63) is 59.6 Å². The van der Waals surface area contributed by atoms with Crippen LogP contribution in [0.3, 0.4) is 0 Å². The second kappa shape index (κ2) is 10.2. The van der Waals surface area contributed by atoms with Crippen LogP contribution in [0.15, 0.2) is 54.6 Å². The van der Waals surface area contributed by atoms with Gasteiger partial charge in [0.2, 0.25) is 15.9 Å². The van der Waals surface area contributed by atoms with Gasteiger partial charge in [0.15, 0.2) is 0 Å². The number of nitrogens with zero attached hydrogens (tertiary/aromatic N) is 1. The molecule has 0 aliphatic rings. The molecule has 0 aliphatic heterocycles. The molecule has 0 unspecified atom stereocenters. The molecule has 8 heteroatoms. The van der Waals surface area contributed by atoms with Gasteiger partial charge in [-0.2, -0.15) is 0 Å². The van der Waals surface area contributed by atoms with Gasteiger partial charge in [-0.05, 0) is 30.7 Å².